The van der Waals surface area contributed by atoms with Gasteiger partial charge in [0, 0.05) is 5.02 Å². The van der Waals surface area contributed by atoms with Gasteiger partial charge in [0.2, 0.25) is 0 Å². The summed E-state index contributed by atoms with van der Waals surface area (Å²) in [5.41, 5.74) is 0.428. The molecular weight excluding hydrogens is 311 g/mol. The molecule has 0 aliphatic heterocycles. The van der Waals surface area contributed by atoms with Crippen molar-refractivity contribution in [1.82, 2.24) is 9.55 Å². The van der Waals surface area contributed by atoms with Crippen molar-refractivity contribution in [3.8, 4) is 0 Å². The highest BCUT2D eigenvalue weighted by atomic mass is 35.5. The molecule has 0 saturated heterocycles. The first-order valence-electron chi connectivity index (χ1n) is 6.74. The van der Waals surface area contributed by atoms with Crippen molar-refractivity contribution in [3.63, 3.8) is 0 Å². The second-order valence-electron chi connectivity index (χ2n) is 4.88. The Balaban J connectivity index is 2.58. The number of hydrogen-bond donors (Lipinski definition) is 1. The van der Waals surface area contributed by atoms with E-state index >= 15 is 0 Å². The number of halogens is 2. The molecule has 0 aliphatic carbocycles. The monoisotopic (exact) mass is 326 g/mol. The van der Waals surface area contributed by atoms with Gasteiger partial charge in [0.1, 0.15) is 5.15 Å². The molecule has 2 aromatic rings. The van der Waals surface area contributed by atoms with Gasteiger partial charge in [-0.3, -0.25) is 14.3 Å². The molecule has 0 bridgehead atoms. The van der Waals surface area contributed by atoms with Gasteiger partial charge in [0.15, 0.2) is 0 Å². The summed E-state index contributed by atoms with van der Waals surface area (Å²) in [7, 11) is 0. The maximum Gasteiger partial charge on any atom is 0.330 e. The summed E-state index contributed by atoms with van der Waals surface area (Å²) in [6.07, 6.45) is 1.30. The third kappa shape index (κ3) is 3.22. The van der Waals surface area contributed by atoms with Crippen LogP contribution in [0.4, 0.5) is 0 Å². The SMILES string of the molecule is CCCc1c(Cl)[nH]c(=O)n(C(C)c2ccc(Cl)cc2)c1=O. The van der Waals surface area contributed by atoms with Crippen molar-refractivity contribution in [2.24, 2.45) is 0 Å². The zero-order chi connectivity index (χ0) is 15.6. The number of nitrogens with one attached hydrogen (secondary N) is 1. The van der Waals surface area contributed by atoms with E-state index in [4.69, 9.17) is 23.2 Å². The van der Waals surface area contributed by atoms with E-state index in [9.17, 15) is 9.59 Å². The summed E-state index contributed by atoms with van der Waals surface area (Å²) in [5, 5.41) is 0.737. The van der Waals surface area contributed by atoms with Crippen molar-refractivity contribution in [2.75, 3.05) is 0 Å². The van der Waals surface area contributed by atoms with Crippen molar-refractivity contribution in [3.05, 3.63) is 66.4 Å². The maximum atomic E-state index is 12.5. The number of hydrogen-bond acceptors (Lipinski definition) is 2. The van der Waals surface area contributed by atoms with Gasteiger partial charge >= 0.3 is 5.69 Å². The second-order valence-corrected chi connectivity index (χ2v) is 5.69. The van der Waals surface area contributed by atoms with Gasteiger partial charge in [0.05, 0.1) is 11.6 Å². The first kappa shape index (κ1) is 15.9. The molecule has 0 saturated carbocycles. The molecule has 112 valence electrons. The van der Waals surface area contributed by atoms with Crippen molar-refractivity contribution in [2.45, 2.75) is 32.7 Å². The molecular formula is C15H16Cl2N2O2. The average molecular weight is 327 g/mol. The molecule has 0 spiro atoms. The van der Waals surface area contributed by atoms with E-state index in [1.165, 1.54) is 4.57 Å². The van der Waals surface area contributed by atoms with Gasteiger partial charge in [-0.25, -0.2) is 4.79 Å². The highest BCUT2D eigenvalue weighted by Crippen LogP contribution is 2.18. The summed E-state index contributed by atoms with van der Waals surface area (Å²) in [6.45, 7) is 3.75. The van der Waals surface area contributed by atoms with Gasteiger partial charge in [0.25, 0.3) is 5.56 Å². The van der Waals surface area contributed by atoms with Crippen LogP contribution in [0.25, 0.3) is 0 Å². The van der Waals surface area contributed by atoms with Gasteiger partial charge in [-0.2, -0.15) is 0 Å². The fourth-order valence-corrected chi connectivity index (χ4v) is 2.65. The average Bonchev–Trinajstić information content (AvgIpc) is 2.44. The molecule has 0 aliphatic rings. The molecule has 1 heterocycles. The Hall–Kier alpha value is -1.52. The lowest BCUT2D eigenvalue weighted by atomic mass is 10.1. The van der Waals surface area contributed by atoms with Crippen LogP contribution in [-0.4, -0.2) is 9.55 Å². The normalized spacial score (nSPS) is 12.4. The largest absolute Gasteiger partial charge is 0.330 e. The second kappa shape index (κ2) is 6.50. The van der Waals surface area contributed by atoms with Crippen molar-refractivity contribution < 1.29 is 0 Å². The van der Waals surface area contributed by atoms with Gasteiger partial charge in [-0.05, 0) is 31.0 Å². The minimum Gasteiger partial charge on any atom is -0.297 e. The molecule has 1 aromatic carbocycles. The van der Waals surface area contributed by atoms with Gasteiger partial charge in [-0.15, -0.1) is 0 Å². The minimum atomic E-state index is -0.507. The highest BCUT2D eigenvalue weighted by Gasteiger charge is 2.17. The molecule has 0 radical (unpaired) electrons. The standard InChI is InChI=1S/C15H16Cl2N2O2/c1-3-4-12-13(17)18-15(21)19(14(12)20)9(2)10-5-7-11(16)8-6-10/h5-9H,3-4H2,1-2H3,(H,18,21). The summed E-state index contributed by atoms with van der Waals surface area (Å²) < 4.78 is 1.19. The molecule has 21 heavy (non-hydrogen) atoms. The Morgan fingerprint density at radius 1 is 1.19 bits per heavy atom. The van der Waals surface area contributed by atoms with E-state index in [-0.39, 0.29) is 10.7 Å². The van der Waals surface area contributed by atoms with Crippen LogP contribution in [0.3, 0.4) is 0 Å². The quantitative estimate of drug-likeness (QED) is 0.875. The smallest absolute Gasteiger partial charge is 0.297 e. The molecule has 1 aromatic heterocycles. The van der Waals surface area contributed by atoms with Crippen molar-refractivity contribution in [1.29, 1.82) is 0 Å². The van der Waals surface area contributed by atoms with E-state index in [0.717, 1.165) is 12.0 Å². The van der Waals surface area contributed by atoms with E-state index in [1.807, 2.05) is 6.92 Å². The maximum absolute atomic E-state index is 12.5. The molecule has 0 amide bonds. The predicted molar refractivity (Wildman–Crippen MR) is 85.6 cm³/mol. The van der Waals surface area contributed by atoms with Crippen LogP contribution in [0.15, 0.2) is 33.9 Å². The Morgan fingerprint density at radius 3 is 2.38 bits per heavy atom. The molecule has 1 atom stereocenters. The van der Waals surface area contributed by atoms with E-state index in [2.05, 4.69) is 4.98 Å². The van der Waals surface area contributed by atoms with Crippen LogP contribution in [0.5, 0.6) is 0 Å². The Morgan fingerprint density at radius 2 is 1.81 bits per heavy atom. The summed E-state index contributed by atoms with van der Waals surface area (Å²) >= 11 is 11.8. The van der Waals surface area contributed by atoms with Crippen LogP contribution >= 0.6 is 23.2 Å². The fraction of sp³-hybridized carbons (Fsp3) is 0.333. The zero-order valence-electron chi connectivity index (χ0n) is 11.8. The topological polar surface area (TPSA) is 54.9 Å². The molecule has 1 N–H and O–H groups in total. The number of rotatable bonds is 4. The molecule has 6 heteroatoms. The summed E-state index contributed by atoms with van der Waals surface area (Å²) in [4.78, 5) is 27.2. The number of aromatic amines is 1. The van der Waals surface area contributed by atoms with Gasteiger partial charge in [-0.1, -0.05) is 48.7 Å². The first-order valence-corrected chi connectivity index (χ1v) is 7.50. The Kier molecular flexibility index (Phi) is 4.91. The van der Waals surface area contributed by atoms with Crippen LogP contribution in [0, 0.1) is 0 Å². The van der Waals surface area contributed by atoms with Crippen LogP contribution in [0.1, 0.15) is 37.4 Å². The molecule has 4 nitrogen and oxygen atoms in total. The molecule has 1 unspecified atom stereocenters. The van der Waals surface area contributed by atoms with Crippen LogP contribution in [0.2, 0.25) is 10.2 Å². The summed E-state index contributed by atoms with van der Waals surface area (Å²) in [6, 6.07) is 6.66. The van der Waals surface area contributed by atoms with Crippen LogP contribution < -0.4 is 11.2 Å². The van der Waals surface area contributed by atoms with E-state index in [1.54, 1.807) is 31.2 Å². The van der Waals surface area contributed by atoms with E-state index in [0.29, 0.717) is 17.0 Å². The third-order valence-electron chi connectivity index (χ3n) is 3.42. The molecule has 0 fully saturated rings. The number of aromatic nitrogens is 2. The highest BCUT2D eigenvalue weighted by molar-refractivity contribution is 6.30. The lowest BCUT2D eigenvalue weighted by Crippen LogP contribution is -2.39. The lowest BCUT2D eigenvalue weighted by molar-refractivity contribution is 0.570. The number of H-pyrrole nitrogens is 1. The molecule has 2 rings (SSSR count). The fourth-order valence-electron chi connectivity index (χ4n) is 2.27. The number of benzene rings is 1. The Bertz CT molecular complexity index is 748. The Labute approximate surface area is 132 Å². The third-order valence-corrected chi connectivity index (χ3v) is 3.99. The predicted octanol–water partition coefficient (Wildman–Crippen LogP) is 3.41. The van der Waals surface area contributed by atoms with Gasteiger partial charge < -0.3 is 0 Å². The summed E-state index contributed by atoms with van der Waals surface area (Å²) in [5.74, 6) is 0. The van der Waals surface area contributed by atoms with Crippen LogP contribution in [-0.2, 0) is 6.42 Å². The van der Waals surface area contributed by atoms with E-state index < -0.39 is 11.7 Å². The minimum absolute atomic E-state index is 0.131. The van der Waals surface area contributed by atoms with Crippen molar-refractivity contribution >= 4 is 23.2 Å². The zero-order valence-corrected chi connectivity index (χ0v) is 13.3. The number of nitrogens with zero attached hydrogens (tertiary/aromatic N) is 1. The first-order chi connectivity index (χ1) is 9.95. The lowest BCUT2D eigenvalue weighted by Gasteiger charge is -2.16.